The second kappa shape index (κ2) is 11.6. The summed E-state index contributed by atoms with van der Waals surface area (Å²) in [7, 11) is 1.78. The summed E-state index contributed by atoms with van der Waals surface area (Å²) in [5, 5.41) is 7.36. The van der Waals surface area contributed by atoms with Crippen LogP contribution in [0.25, 0.3) is 11.0 Å². The molecule has 1 aliphatic heterocycles. The molecule has 0 atom stereocenters. The van der Waals surface area contributed by atoms with E-state index in [4.69, 9.17) is 14.5 Å². The fourth-order valence-corrected chi connectivity index (χ4v) is 5.04. The largest absolute Gasteiger partial charge is 0.465 e. The molecule has 3 N–H and O–H groups in total. The summed E-state index contributed by atoms with van der Waals surface area (Å²) in [5.74, 6) is 1.58. The summed E-state index contributed by atoms with van der Waals surface area (Å²) in [5.41, 5.74) is 3.47. The Morgan fingerprint density at radius 1 is 1.05 bits per heavy atom. The van der Waals surface area contributed by atoms with Crippen molar-refractivity contribution in [1.82, 2.24) is 19.9 Å². The van der Waals surface area contributed by atoms with Crippen LogP contribution in [0.4, 0.5) is 34.5 Å². The summed E-state index contributed by atoms with van der Waals surface area (Å²) in [6.45, 7) is 3.90. The number of piperazine rings is 1. The van der Waals surface area contributed by atoms with E-state index in [0.29, 0.717) is 34.5 Å². The molecule has 1 fully saturated rings. The number of nitrogens with zero attached hydrogens (tertiary/aromatic N) is 5. The van der Waals surface area contributed by atoms with E-state index in [2.05, 4.69) is 37.4 Å². The Hall–Kier alpha value is -4.07. The van der Waals surface area contributed by atoms with Crippen molar-refractivity contribution in [3.8, 4) is 5.75 Å². The van der Waals surface area contributed by atoms with Crippen molar-refractivity contribution in [1.29, 1.82) is 0 Å². The number of aromatic nitrogens is 3. The number of fused-ring (bicyclic) bond motifs is 1. The fourth-order valence-electron chi connectivity index (χ4n) is 4.52. The maximum Gasteiger partial charge on any atom is 0.232 e. The zero-order chi connectivity index (χ0) is 28.3. The second-order valence-corrected chi connectivity index (χ2v) is 11.7. The van der Waals surface area contributed by atoms with Crippen LogP contribution in [0.2, 0.25) is 0 Å². The van der Waals surface area contributed by atoms with Crippen LogP contribution in [0.5, 0.6) is 5.75 Å². The summed E-state index contributed by atoms with van der Waals surface area (Å²) < 4.78 is 36.8. The van der Waals surface area contributed by atoms with Crippen LogP contribution in [0.15, 0.2) is 54.7 Å². The number of aromatic amines is 1. The highest BCUT2D eigenvalue weighted by atomic mass is 32.2. The Morgan fingerprint density at radius 3 is 2.58 bits per heavy atom. The van der Waals surface area contributed by atoms with Crippen molar-refractivity contribution in [2.45, 2.75) is 0 Å². The first kappa shape index (κ1) is 27.5. The van der Waals surface area contributed by atoms with E-state index in [1.807, 2.05) is 30.3 Å². The number of anilines is 6. The van der Waals surface area contributed by atoms with Gasteiger partial charge in [0.15, 0.2) is 6.79 Å². The first-order valence-electron chi connectivity index (χ1n) is 12.8. The number of methoxy groups -OCH3 is 1. The summed E-state index contributed by atoms with van der Waals surface area (Å²) in [4.78, 5) is 17.1. The van der Waals surface area contributed by atoms with Crippen molar-refractivity contribution in [3.05, 3.63) is 54.7 Å². The van der Waals surface area contributed by atoms with E-state index in [9.17, 15) is 8.42 Å². The van der Waals surface area contributed by atoms with Crippen LogP contribution in [0, 0.1) is 0 Å². The molecule has 0 spiro atoms. The van der Waals surface area contributed by atoms with E-state index in [1.165, 1.54) is 17.6 Å². The molecule has 3 heterocycles. The molecule has 1 aliphatic rings. The van der Waals surface area contributed by atoms with Gasteiger partial charge >= 0.3 is 0 Å². The Kier molecular flexibility index (Phi) is 7.96. The lowest BCUT2D eigenvalue weighted by Crippen LogP contribution is -2.44. The minimum Gasteiger partial charge on any atom is -0.465 e. The van der Waals surface area contributed by atoms with Gasteiger partial charge in [0.2, 0.25) is 16.0 Å². The Bertz CT molecular complexity index is 1580. The minimum atomic E-state index is -3.46. The molecule has 0 saturated carbocycles. The lowest BCUT2D eigenvalue weighted by Gasteiger charge is -2.35. The molecule has 0 radical (unpaired) electrons. The number of hydrogen-bond acceptors (Lipinski definition) is 10. The molecule has 5 rings (SSSR count). The number of likely N-dealkylation sites (N-methyl/N-ethyl adjacent to an activating group) is 1. The predicted molar refractivity (Wildman–Crippen MR) is 159 cm³/mol. The first-order chi connectivity index (χ1) is 19.2. The van der Waals surface area contributed by atoms with Crippen molar-refractivity contribution >= 4 is 55.6 Å². The molecule has 13 heteroatoms. The highest BCUT2D eigenvalue weighted by Crippen LogP contribution is 2.35. The van der Waals surface area contributed by atoms with Crippen molar-refractivity contribution in [2.75, 3.05) is 80.3 Å². The van der Waals surface area contributed by atoms with Gasteiger partial charge in [0.1, 0.15) is 17.2 Å². The van der Waals surface area contributed by atoms with Gasteiger partial charge in [0.25, 0.3) is 0 Å². The molecule has 0 bridgehead atoms. The monoisotopic (exact) mass is 566 g/mol. The van der Waals surface area contributed by atoms with Crippen LogP contribution < -0.4 is 24.6 Å². The fraction of sp³-hybridized carbons (Fsp3) is 0.333. The molecule has 2 aromatic heterocycles. The third kappa shape index (κ3) is 6.06. The highest BCUT2D eigenvalue weighted by molar-refractivity contribution is 7.92. The molecule has 0 amide bonds. The second-order valence-electron chi connectivity index (χ2n) is 9.66. The van der Waals surface area contributed by atoms with Crippen molar-refractivity contribution < 1.29 is 17.9 Å². The summed E-state index contributed by atoms with van der Waals surface area (Å²) in [6.07, 6.45) is 2.95. The first-order valence-corrected chi connectivity index (χ1v) is 14.7. The number of ether oxygens (including phenoxy) is 2. The van der Waals surface area contributed by atoms with Gasteiger partial charge < -0.3 is 34.9 Å². The van der Waals surface area contributed by atoms with Crippen LogP contribution >= 0.6 is 0 Å². The Morgan fingerprint density at radius 2 is 1.82 bits per heavy atom. The molecule has 40 heavy (non-hydrogen) atoms. The Balaban J connectivity index is 1.45. The zero-order valence-electron chi connectivity index (χ0n) is 23.0. The molecule has 212 valence electrons. The quantitative estimate of drug-likeness (QED) is 0.245. The molecule has 0 unspecified atom stereocenters. The average Bonchev–Trinajstić information content (AvgIpc) is 3.41. The smallest absolute Gasteiger partial charge is 0.232 e. The number of nitrogens with one attached hydrogen (secondary N) is 3. The molecule has 4 aromatic rings. The van der Waals surface area contributed by atoms with Gasteiger partial charge in [-0.05, 0) is 37.4 Å². The number of rotatable bonds is 10. The van der Waals surface area contributed by atoms with Crippen LogP contribution in [0.1, 0.15) is 0 Å². The number of sulfonamides is 1. The minimum absolute atomic E-state index is 0.129. The van der Waals surface area contributed by atoms with E-state index in [1.54, 1.807) is 31.5 Å². The van der Waals surface area contributed by atoms with Crippen LogP contribution in [0.3, 0.4) is 0 Å². The van der Waals surface area contributed by atoms with E-state index >= 15 is 0 Å². The van der Waals surface area contributed by atoms with Crippen LogP contribution in [-0.4, -0.2) is 88.7 Å². The van der Waals surface area contributed by atoms with E-state index in [0.717, 1.165) is 42.9 Å². The lowest BCUT2D eigenvalue weighted by molar-refractivity contribution is 0.0514. The number of benzene rings is 2. The maximum atomic E-state index is 12.2. The van der Waals surface area contributed by atoms with Gasteiger partial charge in [0, 0.05) is 58.3 Å². The maximum absolute atomic E-state index is 12.2. The van der Waals surface area contributed by atoms with Gasteiger partial charge in [-0.25, -0.2) is 8.42 Å². The highest BCUT2D eigenvalue weighted by Gasteiger charge is 2.20. The van der Waals surface area contributed by atoms with Gasteiger partial charge in [-0.2, -0.15) is 9.97 Å². The number of H-pyrrole nitrogens is 1. The van der Waals surface area contributed by atoms with Crippen molar-refractivity contribution in [2.24, 2.45) is 0 Å². The molecular formula is C27H34N8O4S. The normalized spacial score (nSPS) is 14.3. The van der Waals surface area contributed by atoms with Gasteiger partial charge in [0.05, 0.1) is 28.7 Å². The topological polar surface area (TPSA) is 128 Å². The zero-order valence-corrected chi connectivity index (χ0v) is 23.8. The molecular weight excluding hydrogens is 532 g/mol. The molecule has 1 saturated heterocycles. The average molecular weight is 567 g/mol. The number of para-hydroxylation sites is 2. The third-order valence-corrected chi connectivity index (χ3v) is 7.99. The molecule has 12 nitrogen and oxygen atoms in total. The van der Waals surface area contributed by atoms with Crippen LogP contribution in [-0.2, 0) is 14.8 Å². The van der Waals surface area contributed by atoms with Crippen molar-refractivity contribution in [3.63, 3.8) is 0 Å². The Labute approximate surface area is 234 Å². The van der Waals surface area contributed by atoms with Gasteiger partial charge in [-0.1, -0.05) is 12.1 Å². The number of hydrogen-bond donors (Lipinski definition) is 3. The van der Waals surface area contributed by atoms with E-state index < -0.39 is 10.0 Å². The third-order valence-electron chi connectivity index (χ3n) is 6.80. The molecule has 0 aliphatic carbocycles. The van der Waals surface area contributed by atoms with E-state index in [-0.39, 0.29) is 6.79 Å². The predicted octanol–water partition coefficient (Wildman–Crippen LogP) is 3.58. The molecule has 2 aromatic carbocycles. The SMILES string of the molecule is COCOc1cc(Nc2nc(Nc3ccccc3N(C)S(C)(=O)=O)c3cc[nH]c3n2)ccc1N1CCN(C)CC1. The summed E-state index contributed by atoms with van der Waals surface area (Å²) >= 11 is 0. The lowest BCUT2D eigenvalue weighted by atomic mass is 10.2. The standard InChI is InChI=1S/C27H34N8O4S/c1-33-13-15-35(16-14-33)23-10-9-19(17-24(23)39-18-38-3)29-27-31-25-20(11-12-28-25)26(32-27)30-21-7-5-6-8-22(21)34(2)40(4,36)37/h5-12,17H,13-16,18H2,1-4H3,(H3,28,29,30,31,32). The summed E-state index contributed by atoms with van der Waals surface area (Å²) in [6, 6.07) is 14.9. The van der Waals surface area contributed by atoms with Gasteiger partial charge in [-0.3, -0.25) is 4.31 Å². The van der Waals surface area contributed by atoms with Gasteiger partial charge in [-0.15, -0.1) is 0 Å².